The highest BCUT2D eigenvalue weighted by Gasteiger charge is 2.21. The predicted octanol–water partition coefficient (Wildman–Crippen LogP) is 1.15. The molecule has 1 N–H and O–H groups in total. The van der Waals surface area contributed by atoms with Crippen molar-refractivity contribution in [2.75, 3.05) is 6.61 Å². The van der Waals surface area contributed by atoms with Gasteiger partial charge in [0.1, 0.15) is 11.5 Å². The van der Waals surface area contributed by atoms with E-state index < -0.39 is 5.97 Å². The van der Waals surface area contributed by atoms with Crippen LogP contribution in [0.25, 0.3) is 5.65 Å². The van der Waals surface area contributed by atoms with E-state index in [2.05, 4.69) is 10.2 Å². The molecule has 0 aliphatic carbocycles. The predicted molar refractivity (Wildman–Crippen MR) is 62.6 cm³/mol. The Morgan fingerprint density at radius 1 is 1.50 bits per heavy atom. The van der Waals surface area contributed by atoms with Crippen molar-refractivity contribution >= 4 is 11.6 Å². The summed E-state index contributed by atoms with van der Waals surface area (Å²) in [5.74, 6) is -0.330. The summed E-state index contributed by atoms with van der Waals surface area (Å²) in [7, 11) is 0. The minimum absolute atomic E-state index is 0.124. The number of hydrogen-bond acceptors (Lipinski definition) is 4. The van der Waals surface area contributed by atoms with E-state index in [9.17, 15) is 9.90 Å². The Labute approximate surface area is 103 Å². The molecular formula is C12H13N3O3. The first-order valence-electron chi connectivity index (χ1n) is 5.93. The molecule has 0 spiro atoms. The van der Waals surface area contributed by atoms with Crippen LogP contribution in [0.3, 0.4) is 0 Å². The fourth-order valence-corrected chi connectivity index (χ4v) is 2.31. The summed E-state index contributed by atoms with van der Waals surface area (Å²) in [6, 6.07) is 4.97. The number of rotatable bonds is 3. The Hall–Kier alpha value is -1.95. The van der Waals surface area contributed by atoms with E-state index >= 15 is 0 Å². The number of carboxylic acids is 1. The minimum atomic E-state index is -0.978. The lowest BCUT2D eigenvalue weighted by Crippen LogP contribution is -2.14. The van der Waals surface area contributed by atoms with Gasteiger partial charge in [-0.1, -0.05) is 6.07 Å². The average molecular weight is 247 g/mol. The van der Waals surface area contributed by atoms with Crippen molar-refractivity contribution in [3.05, 3.63) is 29.7 Å². The van der Waals surface area contributed by atoms with Gasteiger partial charge < -0.3 is 9.84 Å². The number of hydrogen-bond donors (Lipinski definition) is 1. The van der Waals surface area contributed by atoms with Crippen molar-refractivity contribution in [2.24, 2.45) is 0 Å². The molecule has 2 aromatic rings. The zero-order valence-electron chi connectivity index (χ0n) is 9.74. The second-order valence-corrected chi connectivity index (χ2v) is 4.37. The molecule has 6 heteroatoms. The van der Waals surface area contributed by atoms with Crippen molar-refractivity contribution in [1.29, 1.82) is 0 Å². The molecule has 1 fully saturated rings. The lowest BCUT2D eigenvalue weighted by molar-refractivity contribution is 0.0687. The number of nitrogens with zero attached hydrogens (tertiary/aromatic N) is 3. The molecule has 0 amide bonds. The van der Waals surface area contributed by atoms with Gasteiger partial charge in [0.15, 0.2) is 5.65 Å². The van der Waals surface area contributed by atoms with Gasteiger partial charge in [-0.05, 0) is 25.0 Å². The van der Waals surface area contributed by atoms with E-state index in [4.69, 9.17) is 4.74 Å². The molecule has 0 bridgehead atoms. The third kappa shape index (κ3) is 1.84. The van der Waals surface area contributed by atoms with Gasteiger partial charge in [0.2, 0.25) is 0 Å². The Morgan fingerprint density at radius 2 is 2.39 bits per heavy atom. The SMILES string of the molecule is O=C(O)c1cccc2nnc(CC3CCCO3)n12. The molecule has 6 nitrogen and oxygen atoms in total. The van der Waals surface area contributed by atoms with E-state index in [1.165, 1.54) is 0 Å². The van der Waals surface area contributed by atoms with Crippen LogP contribution in [0.15, 0.2) is 18.2 Å². The van der Waals surface area contributed by atoms with Gasteiger partial charge in [-0.3, -0.25) is 4.40 Å². The molecule has 1 aliphatic heterocycles. The third-order valence-corrected chi connectivity index (χ3v) is 3.15. The van der Waals surface area contributed by atoms with Crippen LogP contribution >= 0.6 is 0 Å². The van der Waals surface area contributed by atoms with Crippen molar-refractivity contribution in [2.45, 2.75) is 25.4 Å². The minimum Gasteiger partial charge on any atom is -0.477 e. The van der Waals surface area contributed by atoms with Crippen molar-refractivity contribution in [3.63, 3.8) is 0 Å². The van der Waals surface area contributed by atoms with Crippen LogP contribution in [-0.4, -0.2) is 38.4 Å². The quantitative estimate of drug-likeness (QED) is 0.880. The van der Waals surface area contributed by atoms with E-state index in [-0.39, 0.29) is 11.8 Å². The highest BCUT2D eigenvalue weighted by molar-refractivity contribution is 5.86. The number of fused-ring (bicyclic) bond motifs is 1. The standard InChI is InChI=1S/C12H13N3O3/c16-12(17)9-4-1-5-10-13-14-11(15(9)10)7-8-3-2-6-18-8/h1,4-5,8H,2-3,6-7H2,(H,16,17). The maximum absolute atomic E-state index is 11.2. The van der Waals surface area contributed by atoms with Crippen LogP contribution in [0.1, 0.15) is 29.2 Å². The van der Waals surface area contributed by atoms with Gasteiger partial charge in [-0.25, -0.2) is 4.79 Å². The second-order valence-electron chi connectivity index (χ2n) is 4.37. The van der Waals surface area contributed by atoms with Gasteiger partial charge in [0, 0.05) is 13.0 Å². The first-order valence-corrected chi connectivity index (χ1v) is 5.93. The summed E-state index contributed by atoms with van der Waals surface area (Å²) >= 11 is 0. The Balaban J connectivity index is 2.03. The van der Waals surface area contributed by atoms with Gasteiger partial charge in [0.05, 0.1) is 6.10 Å². The molecule has 1 atom stereocenters. The summed E-state index contributed by atoms with van der Waals surface area (Å²) in [5.41, 5.74) is 0.744. The zero-order chi connectivity index (χ0) is 12.5. The normalized spacial score (nSPS) is 19.4. The summed E-state index contributed by atoms with van der Waals surface area (Å²) in [5, 5.41) is 17.2. The Kier molecular flexibility index (Phi) is 2.71. The highest BCUT2D eigenvalue weighted by atomic mass is 16.5. The maximum Gasteiger partial charge on any atom is 0.352 e. The van der Waals surface area contributed by atoms with Crippen LogP contribution < -0.4 is 0 Å². The first kappa shape index (κ1) is 11.2. The first-order chi connectivity index (χ1) is 8.75. The molecule has 94 valence electrons. The number of aromatic carboxylic acids is 1. The summed E-state index contributed by atoms with van der Waals surface area (Å²) in [6.45, 7) is 0.771. The Morgan fingerprint density at radius 3 is 3.11 bits per heavy atom. The highest BCUT2D eigenvalue weighted by Crippen LogP contribution is 2.18. The van der Waals surface area contributed by atoms with E-state index in [0.29, 0.717) is 17.9 Å². The second kappa shape index (κ2) is 4.38. The molecule has 2 aromatic heterocycles. The molecule has 18 heavy (non-hydrogen) atoms. The monoisotopic (exact) mass is 247 g/mol. The van der Waals surface area contributed by atoms with E-state index in [1.807, 2.05) is 0 Å². The largest absolute Gasteiger partial charge is 0.477 e. The molecule has 3 rings (SSSR count). The fraction of sp³-hybridized carbons (Fsp3) is 0.417. The number of aromatic nitrogens is 3. The van der Waals surface area contributed by atoms with Gasteiger partial charge >= 0.3 is 5.97 Å². The summed E-state index contributed by atoms with van der Waals surface area (Å²) in [6.07, 6.45) is 2.77. The molecular weight excluding hydrogens is 234 g/mol. The van der Waals surface area contributed by atoms with Crippen LogP contribution in [0.2, 0.25) is 0 Å². The molecule has 1 saturated heterocycles. The average Bonchev–Trinajstić information content (AvgIpc) is 2.99. The number of carboxylic acid groups (broad SMARTS) is 1. The van der Waals surface area contributed by atoms with Crippen LogP contribution in [0.5, 0.6) is 0 Å². The molecule has 0 saturated carbocycles. The van der Waals surface area contributed by atoms with E-state index in [1.54, 1.807) is 22.6 Å². The molecule has 1 aliphatic rings. The zero-order valence-corrected chi connectivity index (χ0v) is 9.74. The summed E-state index contributed by atoms with van der Waals surface area (Å²) < 4.78 is 7.13. The topological polar surface area (TPSA) is 76.7 Å². The molecule has 1 unspecified atom stereocenters. The molecule has 3 heterocycles. The van der Waals surface area contributed by atoms with Crippen LogP contribution in [0.4, 0.5) is 0 Å². The van der Waals surface area contributed by atoms with Crippen LogP contribution in [-0.2, 0) is 11.2 Å². The summed E-state index contributed by atoms with van der Waals surface area (Å²) in [4.78, 5) is 11.2. The van der Waals surface area contributed by atoms with Crippen molar-refractivity contribution in [1.82, 2.24) is 14.6 Å². The number of ether oxygens (including phenoxy) is 1. The number of pyridine rings is 1. The lowest BCUT2D eigenvalue weighted by Gasteiger charge is -2.08. The third-order valence-electron chi connectivity index (χ3n) is 3.15. The smallest absolute Gasteiger partial charge is 0.352 e. The lowest BCUT2D eigenvalue weighted by atomic mass is 10.2. The molecule has 0 aromatic carbocycles. The van der Waals surface area contributed by atoms with Crippen molar-refractivity contribution < 1.29 is 14.6 Å². The maximum atomic E-state index is 11.2. The van der Waals surface area contributed by atoms with Gasteiger partial charge in [-0.2, -0.15) is 0 Å². The fourth-order valence-electron chi connectivity index (χ4n) is 2.31. The van der Waals surface area contributed by atoms with Gasteiger partial charge in [0.25, 0.3) is 0 Å². The number of carbonyl (C=O) groups is 1. The van der Waals surface area contributed by atoms with Gasteiger partial charge in [-0.15, -0.1) is 10.2 Å². The van der Waals surface area contributed by atoms with Crippen LogP contribution in [0, 0.1) is 0 Å². The Bertz CT molecular complexity index is 587. The van der Waals surface area contributed by atoms with Crippen molar-refractivity contribution in [3.8, 4) is 0 Å². The van der Waals surface area contributed by atoms with E-state index in [0.717, 1.165) is 19.4 Å². The molecule has 0 radical (unpaired) electrons.